The smallest absolute Gasteiger partial charge is 0.295 e. The van der Waals surface area contributed by atoms with Crippen LogP contribution in [0.25, 0.3) is 5.76 Å². The highest BCUT2D eigenvalue weighted by Gasteiger charge is 2.47. The van der Waals surface area contributed by atoms with Crippen LogP contribution in [0.3, 0.4) is 0 Å². The van der Waals surface area contributed by atoms with E-state index in [9.17, 15) is 14.7 Å². The van der Waals surface area contributed by atoms with Crippen LogP contribution >= 0.6 is 0 Å². The number of likely N-dealkylation sites (N-methyl/N-ethyl adjacent to an activating group) is 1. The second-order valence-corrected chi connectivity index (χ2v) is 7.33. The van der Waals surface area contributed by atoms with E-state index in [0.29, 0.717) is 24.4 Å². The topological polar surface area (TPSA) is 74.0 Å². The summed E-state index contributed by atoms with van der Waals surface area (Å²) >= 11 is 0. The summed E-state index contributed by atoms with van der Waals surface area (Å²) in [7, 11) is 0. The number of aliphatic hydroxyl groups is 1. The molecule has 3 rings (SSSR count). The molecule has 1 saturated heterocycles. The fraction of sp³-hybridized carbons (Fsp3) is 0.391. The van der Waals surface area contributed by atoms with Gasteiger partial charge in [0, 0.05) is 18.7 Å². The Kier molecular flexibility index (Phi) is 6.23. The summed E-state index contributed by atoms with van der Waals surface area (Å²) < 4.78 is 5.56. The van der Waals surface area contributed by atoms with E-state index >= 15 is 0 Å². The minimum absolute atomic E-state index is 0.0766. The zero-order valence-corrected chi connectivity index (χ0v) is 17.4. The number of ketones is 1. The molecular weight excluding hydrogens is 368 g/mol. The van der Waals surface area contributed by atoms with Crippen molar-refractivity contribution in [3.05, 3.63) is 64.6 Å². The van der Waals surface area contributed by atoms with Gasteiger partial charge in [-0.1, -0.05) is 26.0 Å². The first-order valence-corrected chi connectivity index (χ1v) is 10.0. The summed E-state index contributed by atoms with van der Waals surface area (Å²) in [5.41, 5.74) is 2.68. The van der Waals surface area contributed by atoms with E-state index in [1.54, 1.807) is 18.2 Å². The average Bonchev–Trinajstić information content (AvgIpc) is 3.32. The minimum Gasteiger partial charge on any atom is -0.507 e. The Morgan fingerprint density at radius 1 is 1.14 bits per heavy atom. The van der Waals surface area contributed by atoms with Crippen LogP contribution in [0.5, 0.6) is 0 Å². The number of likely N-dealkylation sites (tertiary alicyclic amines) is 1. The number of hydrogen-bond donors (Lipinski definition) is 1. The highest BCUT2D eigenvalue weighted by molar-refractivity contribution is 6.46. The number of amides is 1. The molecule has 0 bridgehead atoms. The van der Waals surface area contributed by atoms with Crippen LogP contribution < -0.4 is 0 Å². The van der Waals surface area contributed by atoms with E-state index in [4.69, 9.17) is 4.42 Å². The van der Waals surface area contributed by atoms with Crippen LogP contribution in [0, 0.1) is 13.8 Å². The summed E-state index contributed by atoms with van der Waals surface area (Å²) in [4.78, 5) is 29.4. The van der Waals surface area contributed by atoms with Gasteiger partial charge in [0.05, 0.1) is 11.8 Å². The van der Waals surface area contributed by atoms with Crippen molar-refractivity contribution in [2.24, 2.45) is 0 Å². The predicted molar refractivity (Wildman–Crippen MR) is 111 cm³/mol. The molecule has 1 unspecified atom stereocenters. The molecule has 1 amide bonds. The van der Waals surface area contributed by atoms with Gasteiger partial charge in [-0.25, -0.2) is 0 Å². The number of carbonyl (C=O) groups is 2. The number of furan rings is 1. The van der Waals surface area contributed by atoms with E-state index in [2.05, 4.69) is 18.7 Å². The summed E-state index contributed by atoms with van der Waals surface area (Å²) in [6.45, 7) is 10.8. The number of Topliss-reactive ketones (excluding diaryl/α,β-unsaturated/α-hetero) is 1. The molecular formula is C23H28N2O4. The summed E-state index contributed by atoms with van der Waals surface area (Å²) in [6, 6.07) is 8.20. The van der Waals surface area contributed by atoms with Crippen molar-refractivity contribution < 1.29 is 19.1 Å². The Balaban J connectivity index is 2.06. The van der Waals surface area contributed by atoms with E-state index in [1.165, 1.54) is 11.2 Å². The number of hydrogen-bond acceptors (Lipinski definition) is 5. The van der Waals surface area contributed by atoms with Crippen LogP contribution in [-0.4, -0.2) is 52.8 Å². The molecule has 1 aliphatic rings. The maximum Gasteiger partial charge on any atom is 0.295 e. The van der Waals surface area contributed by atoms with Gasteiger partial charge in [0.1, 0.15) is 17.6 Å². The second-order valence-electron chi connectivity index (χ2n) is 7.33. The van der Waals surface area contributed by atoms with E-state index in [1.807, 2.05) is 26.0 Å². The van der Waals surface area contributed by atoms with Gasteiger partial charge in [0.2, 0.25) is 0 Å². The number of aryl methyl sites for hydroxylation is 2. The minimum atomic E-state index is -0.734. The third-order valence-corrected chi connectivity index (χ3v) is 5.68. The van der Waals surface area contributed by atoms with Crippen LogP contribution in [0.4, 0.5) is 0 Å². The maximum atomic E-state index is 12.9. The molecule has 1 N–H and O–H groups in total. The molecule has 2 aromatic rings. The number of aliphatic hydroxyl groups excluding tert-OH is 1. The Labute approximate surface area is 171 Å². The van der Waals surface area contributed by atoms with Gasteiger partial charge in [-0.3, -0.25) is 9.59 Å². The van der Waals surface area contributed by atoms with Crippen molar-refractivity contribution in [2.75, 3.05) is 26.2 Å². The van der Waals surface area contributed by atoms with Gasteiger partial charge in [-0.15, -0.1) is 0 Å². The lowest BCUT2D eigenvalue weighted by atomic mass is 9.97. The lowest BCUT2D eigenvalue weighted by molar-refractivity contribution is -0.140. The SMILES string of the molecule is CCN(CC)CCN1C(=O)C(=O)/C(=C(\O)c2ccc(C)c(C)c2)C1c1ccco1. The first kappa shape index (κ1) is 20.9. The normalized spacial score (nSPS) is 18.8. The predicted octanol–water partition coefficient (Wildman–Crippen LogP) is 3.66. The third kappa shape index (κ3) is 3.98. The first-order chi connectivity index (χ1) is 13.9. The molecule has 154 valence electrons. The van der Waals surface area contributed by atoms with Gasteiger partial charge in [0.15, 0.2) is 0 Å². The lowest BCUT2D eigenvalue weighted by Crippen LogP contribution is -2.37. The average molecular weight is 396 g/mol. The van der Waals surface area contributed by atoms with Crippen molar-refractivity contribution in [1.82, 2.24) is 9.80 Å². The molecule has 1 atom stereocenters. The zero-order chi connectivity index (χ0) is 21.1. The zero-order valence-electron chi connectivity index (χ0n) is 17.4. The van der Waals surface area contributed by atoms with Crippen molar-refractivity contribution in [3.8, 4) is 0 Å². The van der Waals surface area contributed by atoms with Crippen LogP contribution in [0.2, 0.25) is 0 Å². The highest BCUT2D eigenvalue weighted by atomic mass is 16.3. The summed E-state index contributed by atoms with van der Waals surface area (Å²) in [5, 5.41) is 11.0. The highest BCUT2D eigenvalue weighted by Crippen LogP contribution is 2.39. The van der Waals surface area contributed by atoms with Gasteiger partial charge in [-0.2, -0.15) is 0 Å². The molecule has 0 spiro atoms. The third-order valence-electron chi connectivity index (χ3n) is 5.68. The van der Waals surface area contributed by atoms with Crippen molar-refractivity contribution >= 4 is 17.4 Å². The van der Waals surface area contributed by atoms with Crippen molar-refractivity contribution in [2.45, 2.75) is 33.7 Å². The molecule has 29 heavy (non-hydrogen) atoms. The van der Waals surface area contributed by atoms with Crippen molar-refractivity contribution in [3.63, 3.8) is 0 Å². The molecule has 2 heterocycles. The van der Waals surface area contributed by atoms with Crippen molar-refractivity contribution in [1.29, 1.82) is 0 Å². The van der Waals surface area contributed by atoms with E-state index in [-0.39, 0.29) is 11.3 Å². The van der Waals surface area contributed by atoms with Crippen LogP contribution in [0.1, 0.15) is 42.3 Å². The van der Waals surface area contributed by atoms with E-state index < -0.39 is 17.7 Å². The summed E-state index contributed by atoms with van der Waals surface area (Å²) in [5.74, 6) is -0.988. The Hall–Kier alpha value is -2.86. The molecule has 6 heteroatoms. The van der Waals surface area contributed by atoms with Crippen LogP contribution in [-0.2, 0) is 9.59 Å². The molecule has 0 saturated carbocycles. The van der Waals surface area contributed by atoms with Gasteiger partial charge in [-0.05, 0) is 56.3 Å². The van der Waals surface area contributed by atoms with Crippen LogP contribution in [0.15, 0.2) is 46.6 Å². The number of nitrogens with zero attached hydrogens (tertiary/aromatic N) is 2. The fourth-order valence-electron chi connectivity index (χ4n) is 3.69. The fourth-order valence-corrected chi connectivity index (χ4v) is 3.69. The molecule has 1 aromatic heterocycles. The number of benzene rings is 1. The molecule has 1 aliphatic heterocycles. The number of rotatable bonds is 7. The molecule has 0 radical (unpaired) electrons. The maximum absolute atomic E-state index is 12.9. The quantitative estimate of drug-likeness (QED) is 0.439. The summed E-state index contributed by atoms with van der Waals surface area (Å²) in [6.07, 6.45) is 1.51. The van der Waals surface area contributed by atoms with Gasteiger partial charge < -0.3 is 19.3 Å². The van der Waals surface area contributed by atoms with E-state index in [0.717, 1.165) is 24.2 Å². The molecule has 6 nitrogen and oxygen atoms in total. The van der Waals surface area contributed by atoms with Gasteiger partial charge in [0.25, 0.3) is 11.7 Å². The number of carbonyl (C=O) groups excluding carboxylic acids is 2. The first-order valence-electron chi connectivity index (χ1n) is 10.0. The lowest BCUT2D eigenvalue weighted by Gasteiger charge is -2.26. The monoisotopic (exact) mass is 396 g/mol. The van der Waals surface area contributed by atoms with Gasteiger partial charge >= 0.3 is 0 Å². The largest absolute Gasteiger partial charge is 0.507 e. The molecule has 0 aliphatic carbocycles. The standard InChI is InChI=1S/C23H28N2O4/c1-5-24(6-2)11-12-25-20(18-8-7-13-29-18)19(22(27)23(25)28)21(26)17-10-9-15(3)16(4)14-17/h7-10,13-14,20,26H,5-6,11-12H2,1-4H3/b21-19-. The Bertz CT molecular complexity index is 926. The molecule has 1 aromatic carbocycles. The second kappa shape index (κ2) is 8.66. The Morgan fingerprint density at radius 2 is 1.86 bits per heavy atom. The Morgan fingerprint density at radius 3 is 2.45 bits per heavy atom. The molecule has 1 fully saturated rings.